The van der Waals surface area contributed by atoms with Crippen molar-refractivity contribution in [2.75, 3.05) is 6.54 Å². The number of carbonyl (C=O) groups excluding carboxylic acids is 1. The van der Waals surface area contributed by atoms with Gasteiger partial charge in [0.05, 0.1) is 0 Å². The van der Waals surface area contributed by atoms with Crippen molar-refractivity contribution in [1.29, 1.82) is 0 Å². The van der Waals surface area contributed by atoms with Crippen LogP contribution in [-0.4, -0.2) is 35.5 Å². The Kier molecular flexibility index (Phi) is 4.00. The van der Waals surface area contributed by atoms with Crippen LogP contribution in [0.4, 0.5) is 0 Å². The molecule has 2 aliphatic rings. The minimum absolute atomic E-state index is 0.208. The number of amides is 1. The minimum atomic E-state index is -0.208. The van der Waals surface area contributed by atoms with Gasteiger partial charge in [-0.15, -0.1) is 0 Å². The average molecular weight is 252 g/mol. The van der Waals surface area contributed by atoms with Crippen molar-refractivity contribution in [3.63, 3.8) is 0 Å². The lowest BCUT2D eigenvalue weighted by Gasteiger charge is -2.40. The van der Waals surface area contributed by atoms with Crippen molar-refractivity contribution in [2.24, 2.45) is 5.41 Å². The van der Waals surface area contributed by atoms with Gasteiger partial charge < -0.3 is 10.2 Å². The van der Waals surface area contributed by atoms with Crippen molar-refractivity contribution in [1.82, 2.24) is 10.2 Å². The van der Waals surface area contributed by atoms with Crippen molar-refractivity contribution >= 4 is 5.91 Å². The molecular formula is C15H28N2O. The molecule has 2 aliphatic heterocycles. The predicted molar refractivity (Wildman–Crippen MR) is 74.4 cm³/mol. The number of piperidine rings is 1. The van der Waals surface area contributed by atoms with Crippen LogP contribution in [-0.2, 0) is 4.79 Å². The highest BCUT2D eigenvalue weighted by atomic mass is 16.2. The van der Waals surface area contributed by atoms with Crippen molar-refractivity contribution < 1.29 is 4.79 Å². The molecule has 2 fully saturated rings. The third-order valence-corrected chi connectivity index (χ3v) is 4.95. The van der Waals surface area contributed by atoms with Crippen LogP contribution in [0, 0.1) is 5.41 Å². The number of nitrogens with one attached hydrogen (secondary N) is 1. The van der Waals surface area contributed by atoms with E-state index in [-0.39, 0.29) is 5.41 Å². The second-order valence-electron chi connectivity index (χ2n) is 6.59. The number of nitrogens with zero attached hydrogens (tertiary/aromatic N) is 1. The molecule has 2 rings (SSSR count). The molecule has 0 aromatic heterocycles. The second-order valence-corrected chi connectivity index (χ2v) is 6.59. The van der Waals surface area contributed by atoms with Gasteiger partial charge in [0.15, 0.2) is 0 Å². The maximum atomic E-state index is 12.7. The van der Waals surface area contributed by atoms with E-state index in [0.29, 0.717) is 24.0 Å². The molecule has 2 bridgehead atoms. The Balaban J connectivity index is 2.07. The molecular weight excluding hydrogens is 224 g/mol. The molecule has 0 aliphatic carbocycles. The summed E-state index contributed by atoms with van der Waals surface area (Å²) in [5.41, 5.74) is -0.208. The third-order valence-electron chi connectivity index (χ3n) is 4.95. The van der Waals surface area contributed by atoms with Gasteiger partial charge in [-0.05, 0) is 39.0 Å². The smallest absolute Gasteiger partial charge is 0.228 e. The molecule has 1 amide bonds. The van der Waals surface area contributed by atoms with Gasteiger partial charge in [-0.1, -0.05) is 20.8 Å². The van der Waals surface area contributed by atoms with E-state index in [9.17, 15) is 4.79 Å². The summed E-state index contributed by atoms with van der Waals surface area (Å²) in [6, 6.07) is 1.77. The molecule has 3 nitrogen and oxygen atoms in total. The summed E-state index contributed by atoms with van der Waals surface area (Å²) in [5, 5.41) is 3.65. The van der Waals surface area contributed by atoms with Gasteiger partial charge in [0.1, 0.15) is 0 Å². The van der Waals surface area contributed by atoms with Gasteiger partial charge in [0.25, 0.3) is 0 Å². The third kappa shape index (κ3) is 2.56. The van der Waals surface area contributed by atoms with E-state index < -0.39 is 0 Å². The topological polar surface area (TPSA) is 32.3 Å². The molecule has 0 radical (unpaired) electrons. The minimum Gasteiger partial charge on any atom is -0.339 e. The zero-order valence-corrected chi connectivity index (χ0v) is 12.3. The van der Waals surface area contributed by atoms with Crippen LogP contribution in [0.1, 0.15) is 59.8 Å². The molecule has 0 aromatic rings. The highest BCUT2D eigenvalue weighted by molar-refractivity contribution is 5.82. The molecule has 0 spiro atoms. The summed E-state index contributed by atoms with van der Waals surface area (Å²) in [6.07, 6.45) is 5.81. The Hall–Kier alpha value is -0.570. The lowest BCUT2D eigenvalue weighted by molar-refractivity contribution is -0.143. The highest BCUT2D eigenvalue weighted by Crippen LogP contribution is 2.32. The maximum Gasteiger partial charge on any atom is 0.228 e. The monoisotopic (exact) mass is 252 g/mol. The van der Waals surface area contributed by atoms with Gasteiger partial charge in [0.2, 0.25) is 5.91 Å². The van der Waals surface area contributed by atoms with Crippen molar-refractivity contribution in [3.05, 3.63) is 0 Å². The number of rotatable bonds is 4. The number of hydrogen-bond donors (Lipinski definition) is 1. The standard InChI is InChI=1S/C15H28N2O/c1-5-15(3,4)14(18)17(6-2)13-9-11-7-8-12(10-13)16-11/h11-13,16H,5-10H2,1-4H3. The summed E-state index contributed by atoms with van der Waals surface area (Å²) < 4.78 is 0. The molecule has 2 saturated heterocycles. The highest BCUT2D eigenvalue weighted by Gasteiger charge is 2.39. The van der Waals surface area contributed by atoms with Crippen LogP contribution in [0.25, 0.3) is 0 Å². The summed E-state index contributed by atoms with van der Waals surface area (Å²) >= 11 is 0. The van der Waals surface area contributed by atoms with Gasteiger partial charge in [-0.3, -0.25) is 4.79 Å². The number of carbonyl (C=O) groups is 1. The first kappa shape index (κ1) is 13.9. The first-order valence-electron chi connectivity index (χ1n) is 7.55. The molecule has 1 N–H and O–H groups in total. The van der Waals surface area contributed by atoms with E-state index in [1.54, 1.807) is 0 Å². The average Bonchev–Trinajstić information content (AvgIpc) is 2.69. The molecule has 2 unspecified atom stereocenters. The summed E-state index contributed by atoms with van der Waals surface area (Å²) in [7, 11) is 0. The van der Waals surface area contributed by atoms with Crippen LogP contribution in [0.5, 0.6) is 0 Å². The number of hydrogen-bond acceptors (Lipinski definition) is 2. The van der Waals surface area contributed by atoms with Crippen LogP contribution >= 0.6 is 0 Å². The van der Waals surface area contributed by atoms with E-state index in [1.165, 1.54) is 12.8 Å². The molecule has 3 heteroatoms. The summed E-state index contributed by atoms with van der Waals surface area (Å²) in [6.45, 7) is 9.24. The fraction of sp³-hybridized carbons (Fsp3) is 0.933. The van der Waals surface area contributed by atoms with Gasteiger partial charge in [0, 0.05) is 30.1 Å². The van der Waals surface area contributed by atoms with E-state index in [2.05, 4.69) is 37.9 Å². The Bertz CT molecular complexity index is 302. The van der Waals surface area contributed by atoms with Crippen LogP contribution in [0.15, 0.2) is 0 Å². The van der Waals surface area contributed by atoms with Gasteiger partial charge in [-0.2, -0.15) is 0 Å². The van der Waals surface area contributed by atoms with Crippen LogP contribution < -0.4 is 5.32 Å². The Morgan fingerprint density at radius 3 is 2.22 bits per heavy atom. The maximum absolute atomic E-state index is 12.7. The molecule has 0 saturated carbocycles. The fourth-order valence-corrected chi connectivity index (χ4v) is 3.39. The largest absolute Gasteiger partial charge is 0.339 e. The predicted octanol–water partition coefficient (Wildman–Crippen LogP) is 2.55. The molecule has 2 heterocycles. The Morgan fingerprint density at radius 2 is 1.78 bits per heavy atom. The molecule has 104 valence electrons. The first-order chi connectivity index (χ1) is 8.47. The molecule has 18 heavy (non-hydrogen) atoms. The number of fused-ring (bicyclic) bond motifs is 2. The lowest BCUT2D eigenvalue weighted by atomic mass is 9.86. The Morgan fingerprint density at radius 1 is 1.22 bits per heavy atom. The van der Waals surface area contributed by atoms with Crippen LogP contribution in [0.3, 0.4) is 0 Å². The molecule has 0 aromatic carbocycles. The Labute approximate surface area is 111 Å². The van der Waals surface area contributed by atoms with E-state index >= 15 is 0 Å². The second kappa shape index (κ2) is 5.20. The summed E-state index contributed by atoms with van der Waals surface area (Å²) in [5.74, 6) is 0.346. The normalized spacial score (nSPS) is 31.4. The first-order valence-corrected chi connectivity index (χ1v) is 7.55. The zero-order chi connectivity index (χ0) is 13.3. The van der Waals surface area contributed by atoms with Crippen LogP contribution in [0.2, 0.25) is 0 Å². The van der Waals surface area contributed by atoms with Crippen molar-refractivity contribution in [2.45, 2.75) is 77.9 Å². The SMILES string of the molecule is CCN(C(=O)C(C)(C)CC)C1CC2CCC(C1)N2. The summed E-state index contributed by atoms with van der Waals surface area (Å²) in [4.78, 5) is 14.8. The van der Waals surface area contributed by atoms with Gasteiger partial charge >= 0.3 is 0 Å². The molecule has 2 atom stereocenters. The van der Waals surface area contributed by atoms with E-state index in [1.807, 2.05) is 0 Å². The van der Waals surface area contributed by atoms with E-state index in [4.69, 9.17) is 0 Å². The zero-order valence-electron chi connectivity index (χ0n) is 12.3. The van der Waals surface area contributed by atoms with E-state index in [0.717, 1.165) is 25.8 Å². The fourth-order valence-electron chi connectivity index (χ4n) is 3.39. The quantitative estimate of drug-likeness (QED) is 0.834. The van der Waals surface area contributed by atoms with Gasteiger partial charge in [-0.25, -0.2) is 0 Å². The van der Waals surface area contributed by atoms with Crippen molar-refractivity contribution in [3.8, 4) is 0 Å². The lowest BCUT2D eigenvalue weighted by Crippen LogP contribution is -2.53.